The first kappa shape index (κ1) is 22.9. The zero-order valence-corrected chi connectivity index (χ0v) is 17.6. The zero-order chi connectivity index (χ0) is 23.1. The second-order valence-electron chi connectivity index (χ2n) is 7.24. The highest BCUT2D eigenvalue weighted by molar-refractivity contribution is 5.97. The second kappa shape index (κ2) is 10.5. The third kappa shape index (κ3) is 5.88. The van der Waals surface area contributed by atoms with E-state index in [0.29, 0.717) is 26.2 Å². The van der Waals surface area contributed by atoms with Gasteiger partial charge in [0, 0.05) is 44.9 Å². The predicted octanol–water partition coefficient (Wildman–Crippen LogP) is 1.88. The Labute approximate surface area is 184 Å². The average Bonchev–Trinajstić information content (AvgIpc) is 2.82. The number of hydrogen-bond acceptors (Lipinski definition) is 8. The molecule has 0 unspecified atom stereocenters. The highest BCUT2D eigenvalue weighted by Gasteiger charge is 2.24. The van der Waals surface area contributed by atoms with Crippen molar-refractivity contribution in [3.63, 3.8) is 0 Å². The van der Waals surface area contributed by atoms with Gasteiger partial charge in [-0.05, 0) is 11.6 Å². The molecule has 1 heterocycles. The molecule has 0 aliphatic carbocycles. The third-order valence-electron chi connectivity index (χ3n) is 5.09. The summed E-state index contributed by atoms with van der Waals surface area (Å²) in [5, 5.41) is 11.1. The van der Waals surface area contributed by atoms with Crippen molar-refractivity contribution in [3.8, 4) is 0 Å². The molecule has 1 saturated heterocycles. The van der Waals surface area contributed by atoms with Crippen LogP contribution in [0.15, 0.2) is 48.5 Å². The topological polar surface area (TPSA) is 119 Å². The molecular formula is C22H23N3O7. The number of ether oxygens (including phenoxy) is 2. The largest absolute Gasteiger partial charge is 0.465 e. The van der Waals surface area contributed by atoms with Gasteiger partial charge in [0.2, 0.25) is 0 Å². The summed E-state index contributed by atoms with van der Waals surface area (Å²) < 4.78 is 9.60. The monoisotopic (exact) mass is 441 g/mol. The molecule has 10 nitrogen and oxygen atoms in total. The molecule has 0 N–H and O–H groups in total. The van der Waals surface area contributed by atoms with Gasteiger partial charge in [0.25, 0.3) is 11.6 Å². The van der Waals surface area contributed by atoms with Gasteiger partial charge in [0.05, 0.1) is 23.2 Å². The summed E-state index contributed by atoms with van der Waals surface area (Å²) in [6.45, 7) is 2.71. The lowest BCUT2D eigenvalue weighted by Crippen LogP contribution is -2.49. The van der Waals surface area contributed by atoms with Crippen LogP contribution in [0.3, 0.4) is 0 Å². The van der Waals surface area contributed by atoms with Crippen LogP contribution in [0, 0.1) is 10.1 Å². The number of carbonyl (C=O) groups is 3. The number of carbonyl (C=O) groups excluding carboxylic acids is 3. The van der Waals surface area contributed by atoms with Crippen LogP contribution in [0.5, 0.6) is 0 Å². The maximum absolute atomic E-state index is 12.4. The number of non-ortho nitro benzene ring substituents is 1. The molecule has 1 aliphatic rings. The van der Waals surface area contributed by atoms with Crippen molar-refractivity contribution in [2.75, 3.05) is 39.9 Å². The smallest absolute Gasteiger partial charge is 0.338 e. The normalized spacial score (nSPS) is 14.0. The minimum atomic E-state index is -0.935. The lowest BCUT2D eigenvalue weighted by Gasteiger charge is -2.34. The summed E-state index contributed by atoms with van der Waals surface area (Å²) in [6, 6.07) is 13.2. The Bertz CT molecular complexity index is 1000. The van der Waals surface area contributed by atoms with Gasteiger partial charge in [-0.25, -0.2) is 9.59 Å². The van der Waals surface area contributed by atoms with Gasteiger partial charge < -0.3 is 14.4 Å². The van der Waals surface area contributed by atoms with Crippen LogP contribution in [0.2, 0.25) is 0 Å². The van der Waals surface area contributed by atoms with E-state index >= 15 is 0 Å². The van der Waals surface area contributed by atoms with Crippen molar-refractivity contribution in [2.24, 2.45) is 0 Å². The van der Waals surface area contributed by atoms with Gasteiger partial charge in [0.15, 0.2) is 6.61 Å². The van der Waals surface area contributed by atoms with E-state index in [1.807, 2.05) is 18.2 Å². The summed E-state index contributed by atoms with van der Waals surface area (Å²) in [6.07, 6.45) is 0. The number of nitro groups is 1. The molecule has 0 radical (unpaired) electrons. The molecule has 0 bridgehead atoms. The fourth-order valence-corrected chi connectivity index (χ4v) is 3.37. The van der Waals surface area contributed by atoms with E-state index in [-0.39, 0.29) is 17.0 Å². The number of amides is 1. The number of methoxy groups -OCH3 is 1. The van der Waals surface area contributed by atoms with Crippen LogP contribution in [-0.2, 0) is 20.8 Å². The van der Waals surface area contributed by atoms with Crippen LogP contribution in [-0.4, -0.2) is 72.5 Å². The number of nitrogens with zero attached hydrogens (tertiary/aromatic N) is 3. The summed E-state index contributed by atoms with van der Waals surface area (Å²) in [7, 11) is 1.12. The maximum atomic E-state index is 12.4. The van der Waals surface area contributed by atoms with E-state index < -0.39 is 29.2 Å². The molecule has 32 heavy (non-hydrogen) atoms. The molecule has 0 saturated carbocycles. The number of esters is 2. The van der Waals surface area contributed by atoms with E-state index in [0.717, 1.165) is 31.9 Å². The molecule has 0 spiro atoms. The van der Waals surface area contributed by atoms with Crippen molar-refractivity contribution >= 4 is 23.5 Å². The van der Waals surface area contributed by atoms with Crippen molar-refractivity contribution in [2.45, 2.75) is 6.54 Å². The van der Waals surface area contributed by atoms with Crippen molar-refractivity contribution in [1.29, 1.82) is 0 Å². The third-order valence-corrected chi connectivity index (χ3v) is 5.09. The molecule has 1 amide bonds. The standard InChI is InChI=1S/C22H23N3O7/c1-31-21(27)17-11-18(13-19(12-17)25(29)30)22(28)32-15-20(26)24-9-7-23(8-10-24)14-16-5-3-2-4-6-16/h2-6,11-13H,7-10,14-15H2,1H3. The van der Waals surface area contributed by atoms with Gasteiger partial charge in [-0.3, -0.25) is 19.8 Å². The minimum absolute atomic E-state index is 0.158. The van der Waals surface area contributed by atoms with Crippen LogP contribution < -0.4 is 0 Å². The van der Waals surface area contributed by atoms with Gasteiger partial charge in [0.1, 0.15) is 0 Å². The van der Waals surface area contributed by atoms with Gasteiger partial charge in [-0.1, -0.05) is 30.3 Å². The molecule has 2 aromatic rings. The van der Waals surface area contributed by atoms with Crippen molar-refractivity contribution in [3.05, 3.63) is 75.3 Å². The molecule has 3 rings (SSSR count). The summed E-state index contributed by atoms with van der Waals surface area (Å²) >= 11 is 0. The van der Waals surface area contributed by atoms with Crippen LogP contribution in [0.1, 0.15) is 26.3 Å². The Kier molecular flexibility index (Phi) is 7.50. The molecule has 0 aromatic heterocycles. The number of nitro benzene ring substituents is 1. The quantitative estimate of drug-likeness (QED) is 0.363. The lowest BCUT2D eigenvalue weighted by atomic mass is 10.1. The van der Waals surface area contributed by atoms with Crippen LogP contribution in [0.4, 0.5) is 5.69 Å². The van der Waals surface area contributed by atoms with E-state index in [2.05, 4.69) is 21.8 Å². The van der Waals surface area contributed by atoms with E-state index in [4.69, 9.17) is 4.74 Å². The lowest BCUT2D eigenvalue weighted by molar-refractivity contribution is -0.384. The van der Waals surface area contributed by atoms with Gasteiger partial charge in [-0.15, -0.1) is 0 Å². The van der Waals surface area contributed by atoms with E-state index in [1.165, 1.54) is 5.56 Å². The highest BCUT2D eigenvalue weighted by Crippen LogP contribution is 2.19. The SMILES string of the molecule is COC(=O)c1cc(C(=O)OCC(=O)N2CCN(Cc3ccccc3)CC2)cc([N+](=O)[O-])c1. The summed E-state index contributed by atoms with van der Waals surface area (Å²) in [4.78, 5) is 50.7. The van der Waals surface area contributed by atoms with Crippen LogP contribution in [0.25, 0.3) is 0 Å². The fourth-order valence-electron chi connectivity index (χ4n) is 3.37. The zero-order valence-electron chi connectivity index (χ0n) is 17.6. The molecule has 0 atom stereocenters. The van der Waals surface area contributed by atoms with Crippen molar-refractivity contribution < 1.29 is 28.8 Å². The Morgan fingerprint density at radius 3 is 2.19 bits per heavy atom. The average molecular weight is 441 g/mol. The summed E-state index contributed by atoms with van der Waals surface area (Å²) in [5.41, 5.74) is 0.375. The van der Waals surface area contributed by atoms with Gasteiger partial charge in [-0.2, -0.15) is 0 Å². The highest BCUT2D eigenvalue weighted by atomic mass is 16.6. The maximum Gasteiger partial charge on any atom is 0.338 e. The molecule has 10 heteroatoms. The Hall–Kier alpha value is -3.79. The number of rotatable bonds is 7. The molecule has 1 fully saturated rings. The molecule has 168 valence electrons. The fraction of sp³-hybridized carbons (Fsp3) is 0.318. The number of hydrogen-bond donors (Lipinski definition) is 0. The van der Waals surface area contributed by atoms with Crippen molar-refractivity contribution in [1.82, 2.24) is 9.80 Å². The van der Waals surface area contributed by atoms with E-state index in [1.54, 1.807) is 4.90 Å². The number of benzene rings is 2. The Morgan fingerprint density at radius 2 is 1.59 bits per heavy atom. The molecular weight excluding hydrogens is 418 g/mol. The molecule has 1 aliphatic heterocycles. The Morgan fingerprint density at radius 1 is 0.969 bits per heavy atom. The summed E-state index contributed by atoms with van der Waals surface area (Å²) in [5.74, 6) is -2.11. The van der Waals surface area contributed by atoms with Crippen LogP contribution >= 0.6 is 0 Å². The number of piperazine rings is 1. The first-order valence-corrected chi connectivity index (χ1v) is 9.96. The van der Waals surface area contributed by atoms with Gasteiger partial charge >= 0.3 is 11.9 Å². The second-order valence-corrected chi connectivity index (χ2v) is 7.24. The Balaban J connectivity index is 1.54. The first-order valence-electron chi connectivity index (χ1n) is 9.96. The minimum Gasteiger partial charge on any atom is -0.465 e. The van der Waals surface area contributed by atoms with E-state index in [9.17, 15) is 24.5 Å². The predicted molar refractivity (Wildman–Crippen MR) is 113 cm³/mol. The molecule has 2 aromatic carbocycles. The first-order chi connectivity index (χ1) is 15.4.